The summed E-state index contributed by atoms with van der Waals surface area (Å²) in [5.41, 5.74) is 3.82. The molecule has 18 heavy (non-hydrogen) atoms. The molecular weight excluding hydrogens is 222 g/mol. The van der Waals surface area contributed by atoms with Gasteiger partial charge in [-0.3, -0.25) is 0 Å². The Morgan fingerprint density at radius 2 is 1.72 bits per heavy atom. The van der Waals surface area contributed by atoms with Gasteiger partial charge >= 0.3 is 0 Å². The van der Waals surface area contributed by atoms with Crippen LogP contribution >= 0.6 is 0 Å². The minimum atomic E-state index is 0.152. The standard InChI is InChI=1S/C16H17NO/c1-3-9-17(10-4-2)12-5-6-13-14(11-12)16-8-7-15(13)18-16/h3-8,11,15-16H,1-2,9-10H2. The molecule has 0 spiro atoms. The molecule has 1 aromatic carbocycles. The van der Waals surface area contributed by atoms with E-state index in [0.717, 1.165) is 13.1 Å². The van der Waals surface area contributed by atoms with Crippen LogP contribution in [0, 0.1) is 0 Å². The molecule has 0 N–H and O–H groups in total. The van der Waals surface area contributed by atoms with Crippen molar-refractivity contribution < 1.29 is 4.74 Å². The summed E-state index contributed by atoms with van der Waals surface area (Å²) >= 11 is 0. The molecule has 92 valence electrons. The van der Waals surface area contributed by atoms with E-state index in [9.17, 15) is 0 Å². The number of nitrogens with zero attached hydrogens (tertiary/aromatic N) is 1. The molecular formula is C16H17NO. The Bertz CT molecular complexity index is 508. The van der Waals surface area contributed by atoms with Crippen LogP contribution in [0.1, 0.15) is 23.3 Å². The molecule has 0 saturated carbocycles. The van der Waals surface area contributed by atoms with Gasteiger partial charge in [-0.25, -0.2) is 0 Å². The first-order valence-corrected chi connectivity index (χ1v) is 6.28. The number of hydrogen-bond donors (Lipinski definition) is 0. The first kappa shape index (κ1) is 11.3. The highest BCUT2D eigenvalue weighted by molar-refractivity contribution is 5.56. The molecule has 2 heteroatoms. The summed E-state index contributed by atoms with van der Waals surface area (Å²) in [6.07, 6.45) is 8.43. The van der Waals surface area contributed by atoms with Crippen molar-refractivity contribution in [3.05, 3.63) is 66.8 Å². The molecule has 2 bridgehead atoms. The van der Waals surface area contributed by atoms with Crippen LogP contribution in [-0.2, 0) is 4.74 Å². The first-order valence-electron chi connectivity index (χ1n) is 6.28. The van der Waals surface area contributed by atoms with Gasteiger partial charge < -0.3 is 9.64 Å². The molecule has 0 radical (unpaired) electrons. The van der Waals surface area contributed by atoms with Crippen LogP contribution in [-0.4, -0.2) is 13.1 Å². The Kier molecular flexibility index (Phi) is 2.80. The maximum absolute atomic E-state index is 5.83. The molecule has 2 nitrogen and oxygen atoms in total. The second-order valence-electron chi connectivity index (χ2n) is 4.66. The van der Waals surface area contributed by atoms with Gasteiger partial charge in [0.1, 0.15) is 12.2 Å². The molecule has 0 aliphatic carbocycles. The summed E-state index contributed by atoms with van der Waals surface area (Å²) in [5.74, 6) is 0. The second-order valence-corrected chi connectivity index (χ2v) is 4.66. The molecule has 0 aromatic heterocycles. The molecule has 2 atom stereocenters. The quantitative estimate of drug-likeness (QED) is 0.729. The van der Waals surface area contributed by atoms with Gasteiger partial charge in [0.05, 0.1) is 0 Å². The van der Waals surface area contributed by atoms with Crippen LogP contribution < -0.4 is 4.90 Å². The molecule has 2 unspecified atom stereocenters. The fraction of sp³-hybridized carbons (Fsp3) is 0.250. The summed E-state index contributed by atoms with van der Waals surface area (Å²) in [4.78, 5) is 2.25. The second kappa shape index (κ2) is 4.46. The van der Waals surface area contributed by atoms with Gasteiger partial charge in [0, 0.05) is 18.8 Å². The molecule has 0 saturated heterocycles. The van der Waals surface area contributed by atoms with Crippen LogP contribution in [0.3, 0.4) is 0 Å². The van der Waals surface area contributed by atoms with E-state index in [1.807, 2.05) is 12.2 Å². The molecule has 2 heterocycles. The molecule has 0 amide bonds. The summed E-state index contributed by atoms with van der Waals surface area (Å²) < 4.78 is 5.83. The summed E-state index contributed by atoms with van der Waals surface area (Å²) in [6.45, 7) is 9.27. The zero-order valence-electron chi connectivity index (χ0n) is 10.4. The summed E-state index contributed by atoms with van der Waals surface area (Å²) in [7, 11) is 0. The molecule has 0 fully saturated rings. The van der Waals surface area contributed by atoms with Crippen molar-refractivity contribution in [2.45, 2.75) is 12.2 Å². The number of ether oxygens (including phenoxy) is 1. The minimum absolute atomic E-state index is 0.152. The maximum atomic E-state index is 5.83. The van der Waals surface area contributed by atoms with Gasteiger partial charge in [0.2, 0.25) is 0 Å². The zero-order valence-corrected chi connectivity index (χ0v) is 10.4. The van der Waals surface area contributed by atoms with Crippen LogP contribution in [0.4, 0.5) is 5.69 Å². The van der Waals surface area contributed by atoms with E-state index in [2.05, 4.69) is 48.4 Å². The third kappa shape index (κ3) is 1.70. The van der Waals surface area contributed by atoms with Crippen molar-refractivity contribution in [1.82, 2.24) is 0 Å². The molecule has 2 aliphatic heterocycles. The normalized spacial score (nSPS) is 22.9. The highest BCUT2D eigenvalue weighted by Crippen LogP contribution is 2.46. The van der Waals surface area contributed by atoms with Gasteiger partial charge in [-0.15, -0.1) is 13.2 Å². The Morgan fingerprint density at radius 1 is 1.06 bits per heavy atom. The Labute approximate surface area is 108 Å². The van der Waals surface area contributed by atoms with Gasteiger partial charge in [0.15, 0.2) is 0 Å². The minimum Gasteiger partial charge on any atom is -0.364 e. The topological polar surface area (TPSA) is 12.5 Å². The lowest BCUT2D eigenvalue weighted by Gasteiger charge is -2.23. The lowest BCUT2D eigenvalue weighted by Crippen LogP contribution is -2.23. The van der Waals surface area contributed by atoms with E-state index in [4.69, 9.17) is 4.74 Å². The Hall–Kier alpha value is -1.80. The van der Waals surface area contributed by atoms with Gasteiger partial charge in [-0.1, -0.05) is 30.4 Å². The smallest absolute Gasteiger partial charge is 0.102 e. The first-order chi connectivity index (χ1) is 8.83. The Balaban J connectivity index is 1.93. The van der Waals surface area contributed by atoms with Gasteiger partial charge in [-0.2, -0.15) is 0 Å². The van der Waals surface area contributed by atoms with Crippen LogP contribution in [0.25, 0.3) is 0 Å². The summed E-state index contributed by atoms with van der Waals surface area (Å²) in [5, 5.41) is 0. The predicted molar refractivity (Wildman–Crippen MR) is 74.8 cm³/mol. The van der Waals surface area contributed by atoms with Crippen molar-refractivity contribution in [2.24, 2.45) is 0 Å². The van der Waals surface area contributed by atoms with E-state index < -0.39 is 0 Å². The largest absolute Gasteiger partial charge is 0.364 e. The number of fused-ring (bicyclic) bond motifs is 5. The molecule has 2 aliphatic rings. The third-order valence-corrected chi connectivity index (χ3v) is 3.50. The van der Waals surface area contributed by atoms with Gasteiger partial charge in [-0.05, 0) is 23.3 Å². The van der Waals surface area contributed by atoms with Crippen molar-refractivity contribution in [1.29, 1.82) is 0 Å². The number of rotatable bonds is 5. The highest BCUT2D eigenvalue weighted by atomic mass is 16.5. The van der Waals surface area contributed by atoms with Crippen molar-refractivity contribution in [2.75, 3.05) is 18.0 Å². The van der Waals surface area contributed by atoms with Crippen LogP contribution in [0.15, 0.2) is 55.7 Å². The van der Waals surface area contributed by atoms with Gasteiger partial charge in [0.25, 0.3) is 0 Å². The third-order valence-electron chi connectivity index (χ3n) is 3.50. The average molecular weight is 239 g/mol. The number of anilines is 1. The van der Waals surface area contributed by atoms with Crippen LogP contribution in [0.5, 0.6) is 0 Å². The van der Waals surface area contributed by atoms with E-state index in [-0.39, 0.29) is 12.2 Å². The van der Waals surface area contributed by atoms with E-state index in [1.165, 1.54) is 16.8 Å². The Morgan fingerprint density at radius 3 is 2.39 bits per heavy atom. The lowest BCUT2D eigenvalue weighted by molar-refractivity contribution is 0.0879. The molecule has 3 rings (SSSR count). The highest BCUT2D eigenvalue weighted by Gasteiger charge is 2.33. The SMILES string of the molecule is C=CCN(CC=C)c1ccc2c(c1)C1C=CC2O1. The fourth-order valence-corrected chi connectivity index (χ4v) is 2.67. The van der Waals surface area contributed by atoms with Crippen LogP contribution in [0.2, 0.25) is 0 Å². The van der Waals surface area contributed by atoms with Crippen molar-refractivity contribution in [3.63, 3.8) is 0 Å². The average Bonchev–Trinajstić information content (AvgIpc) is 2.99. The fourth-order valence-electron chi connectivity index (χ4n) is 2.67. The predicted octanol–water partition coefficient (Wildman–Crippen LogP) is 3.55. The van der Waals surface area contributed by atoms with E-state index in [0.29, 0.717) is 0 Å². The number of benzene rings is 1. The maximum Gasteiger partial charge on any atom is 0.102 e. The lowest BCUT2D eigenvalue weighted by atomic mass is 9.96. The zero-order chi connectivity index (χ0) is 12.5. The van der Waals surface area contributed by atoms with Crippen molar-refractivity contribution in [3.8, 4) is 0 Å². The monoisotopic (exact) mass is 239 g/mol. The van der Waals surface area contributed by atoms with Crippen molar-refractivity contribution >= 4 is 5.69 Å². The molecule has 1 aromatic rings. The summed E-state index contributed by atoms with van der Waals surface area (Å²) in [6, 6.07) is 6.57. The number of hydrogen-bond acceptors (Lipinski definition) is 2. The van der Waals surface area contributed by atoms with E-state index in [1.54, 1.807) is 0 Å². The van der Waals surface area contributed by atoms with E-state index >= 15 is 0 Å².